The summed E-state index contributed by atoms with van der Waals surface area (Å²) in [6.45, 7) is 7.17. The van der Waals surface area contributed by atoms with Gasteiger partial charge in [-0.1, -0.05) is 18.2 Å². The van der Waals surface area contributed by atoms with Crippen LogP contribution in [0.2, 0.25) is 0 Å². The smallest absolute Gasteiger partial charge is 0.0459 e. The molecule has 0 saturated carbocycles. The minimum absolute atomic E-state index is 0.460. The van der Waals surface area contributed by atoms with Gasteiger partial charge in [0.25, 0.3) is 0 Å². The second-order valence-corrected chi connectivity index (χ2v) is 5.90. The fourth-order valence-corrected chi connectivity index (χ4v) is 3.22. The van der Waals surface area contributed by atoms with E-state index in [4.69, 9.17) is 5.73 Å². The van der Waals surface area contributed by atoms with Crippen molar-refractivity contribution in [2.75, 3.05) is 33.2 Å². The molecule has 3 rings (SSSR count). The fourth-order valence-electron chi connectivity index (χ4n) is 3.22. The second-order valence-electron chi connectivity index (χ2n) is 5.90. The number of nitrogens with two attached hydrogens (primary N) is 1. The summed E-state index contributed by atoms with van der Waals surface area (Å²) in [6, 6.07) is 9.02. The van der Waals surface area contributed by atoms with Crippen molar-refractivity contribution in [3.05, 3.63) is 35.5 Å². The monoisotopic (exact) mass is 272 g/mol. The van der Waals surface area contributed by atoms with Gasteiger partial charge in [-0.3, -0.25) is 4.90 Å². The molecular formula is C16H24N4. The van der Waals surface area contributed by atoms with Crippen molar-refractivity contribution in [2.45, 2.75) is 19.5 Å². The molecule has 1 aliphatic rings. The third-order valence-electron chi connectivity index (χ3n) is 4.47. The maximum absolute atomic E-state index is 5.96. The standard InChI is InChI=1S/C16H24N4/c1-12-15(14-5-3-4-6-16(14)18-12)11-20-8-7-19(2)10-13(20)9-17/h3-6,13,18H,7-11,17H2,1-2H3. The van der Waals surface area contributed by atoms with E-state index < -0.39 is 0 Å². The SMILES string of the molecule is Cc1[nH]c2ccccc2c1CN1CCN(C)CC1CN. The number of hydrogen-bond donors (Lipinski definition) is 2. The highest BCUT2D eigenvalue weighted by molar-refractivity contribution is 5.84. The van der Waals surface area contributed by atoms with Gasteiger partial charge in [0.05, 0.1) is 0 Å². The van der Waals surface area contributed by atoms with Crippen molar-refractivity contribution in [3.63, 3.8) is 0 Å². The number of H-pyrrole nitrogens is 1. The number of benzene rings is 1. The molecule has 1 fully saturated rings. The normalized spacial score (nSPS) is 21.6. The molecule has 0 spiro atoms. The zero-order valence-corrected chi connectivity index (χ0v) is 12.4. The molecule has 1 aliphatic heterocycles. The van der Waals surface area contributed by atoms with Gasteiger partial charge in [0.1, 0.15) is 0 Å². The van der Waals surface area contributed by atoms with Crippen LogP contribution < -0.4 is 5.73 Å². The molecule has 0 bridgehead atoms. The molecule has 1 unspecified atom stereocenters. The van der Waals surface area contributed by atoms with Crippen LogP contribution in [0.5, 0.6) is 0 Å². The molecule has 1 aromatic heterocycles. The van der Waals surface area contributed by atoms with Crippen LogP contribution in [-0.4, -0.2) is 54.1 Å². The molecule has 1 aromatic carbocycles. The lowest BCUT2D eigenvalue weighted by molar-refractivity contribution is 0.0883. The molecule has 1 atom stereocenters. The molecular weight excluding hydrogens is 248 g/mol. The second kappa shape index (κ2) is 5.56. The summed E-state index contributed by atoms with van der Waals surface area (Å²) in [5.41, 5.74) is 9.89. The van der Waals surface area contributed by atoms with Crippen LogP contribution in [-0.2, 0) is 6.54 Å². The third kappa shape index (κ3) is 2.46. The van der Waals surface area contributed by atoms with Gasteiger partial charge in [0.15, 0.2) is 0 Å². The number of piperazine rings is 1. The Hall–Kier alpha value is -1.36. The number of nitrogens with zero attached hydrogens (tertiary/aromatic N) is 2. The lowest BCUT2D eigenvalue weighted by atomic mass is 10.1. The average Bonchev–Trinajstić information content (AvgIpc) is 2.77. The van der Waals surface area contributed by atoms with Gasteiger partial charge in [0, 0.05) is 55.4 Å². The van der Waals surface area contributed by atoms with Crippen molar-refractivity contribution in [2.24, 2.45) is 5.73 Å². The Kier molecular flexibility index (Phi) is 3.78. The van der Waals surface area contributed by atoms with Crippen LogP contribution in [0.1, 0.15) is 11.3 Å². The van der Waals surface area contributed by atoms with E-state index in [2.05, 4.69) is 53.0 Å². The van der Waals surface area contributed by atoms with Crippen molar-refractivity contribution in [1.29, 1.82) is 0 Å². The summed E-state index contributed by atoms with van der Waals surface area (Å²) in [6.07, 6.45) is 0. The zero-order valence-electron chi connectivity index (χ0n) is 12.4. The number of fused-ring (bicyclic) bond motifs is 1. The molecule has 2 aromatic rings. The predicted molar refractivity (Wildman–Crippen MR) is 83.8 cm³/mol. The molecule has 4 nitrogen and oxygen atoms in total. The Bertz CT molecular complexity index is 589. The fraction of sp³-hybridized carbons (Fsp3) is 0.500. The number of aromatic nitrogens is 1. The van der Waals surface area contributed by atoms with Crippen LogP contribution in [0.25, 0.3) is 10.9 Å². The van der Waals surface area contributed by atoms with Crippen molar-refractivity contribution in [1.82, 2.24) is 14.8 Å². The van der Waals surface area contributed by atoms with E-state index in [9.17, 15) is 0 Å². The summed E-state index contributed by atoms with van der Waals surface area (Å²) in [5.74, 6) is 0. The highest BCUT2D eigenvalue weighted by Crippen LogP contribution is 2.24. The molecule has 3 N–H and O–H groups in total. The van der Waals surface area contributed by atoms with Crippen LogP contribution in [0.15, 0.2) is 24.3 Å². The van der Waals surface area contributed by atoms with Crippen LogP contribution in [0, 0.1) is 6.92 Å². The molecule has 2 heterocycles. The first kappa shape index (κ1) is 13.6. The third-order valence-corrected chi connectivity index (χ3v) is 4.47. The minimum atomic E-state index is 0.460. The summed E-state index contributed by atoms with van der Waals surface area (Å²) >= 11 is 0. The molecule has 108 valence electrons. The van der Waals surface area contributed by atoms with Gasteiger partial charge in [-0.15, -0.1) is 0 Å². The summed E-state index contributed by atoms with van der Waals surface area (Å²) < 4.78 is 0. The molecule has 4 heteroatoms. The van der Waals surface area contributed by atoms with E-state index in [1.54, 1.807) is 0 Å². The van der Waals surface area contributed by atoms with Crippen LogP contribution in [0.4, 0.5) is 0 Å². The van der Waals surface area contributed by atoms with Crippen molar-refractivity contribution >= 4 is 10.9 Å². The molecule has 0 radical (unpaired) electrons. The van der Waals surface area contributed by atoms with E-state index in [1.807, 2.05) is 0 Å². The topological polar surface area (TPSA) is 48.3 Å². The molecule has 0 amide bonds. The lowest BCUT2D eigenvalue weighted by Gasteiger charge is -2.39. The number of para-hydroxylation sites is 1. The number of nitrogens with one attached hydrogen (secondary N) is 1. The molecule has 1 saturated heterocycles. The van der Waals surface area contributed by atoms with E-state index in [0.717, 1.165) is 32.7 Å². The quantitative estimate of drug-likeness (QED) is 0.891. The summed E-state index contributed by atoms with van der Waals surface area (Å²) in [7, 11) is 2.18. The summed E-state index contributed by atoms with van der Waals surface area (Å²) in [5, 5.41) is 1.35. The first-order chi connectivity index (χ1) is 9.69. The van der Waals surface area contributed by atoms with Gasteiger partial charge >= 0.3 is 0 Å². The summed E-state index contributed by atoms with van der Waals surface area (Å²) in [4.78, 5) is 8.39. The maximum Gasteiger partial charge on any atom is 0.0459 e. The highest BCUT2D eigenvalue weighted by atomic mass is 15.3. The first-order valence-electron chi connectivity index (χ1n) is 7.38. The number of aromatic amines is 1. The van der Waals surface area contributed by atoms with E-state index in [-0.39, 0.29) is 0 Å². The number of likely N-dealkylation sites (N-methyl/N-ethyl adjacent to an activating group) is 1. The lowest BCUT2D eigenvalue weighted by Crippen LogP contribution is -2.54. The van der Waals surface area contributed by atoms with Gasteiger partial charge in [-0.2, -0.15) is 0 Å². The van der Waals surface area contributed by atoms with Gasteiger partial charge in [-0.05, 0) is 25.6 Å². The Morgan fingerprint density at radius 3 is 2.90 bits per heavy atom. The van der Waals surface area contributed by atoms with E-state index >= 15 is 0 Å². The number of hydrogen-bond acceptors (Lipinski definition) is 3. The van der Waals surface area contributed by atoms with Crippen molar-refractivity contribution in [3.8, 4) is 0 Å². The highest BCUT2D eigenvalue weighted by Gasteiger charge is 2.25. The van der Waals surface area contributed by atoms with Crippen LogP contribution in [0.3, 0.4) is 0 Å². The van der Waals surface area contributed by atoms with Crippen molar-refractivity contribution < 1.29 is 0 Å². The van der Waals surface area contributed by atoms with E-state index in [1.165, 1.54) is 22.2 Å². The molecule has 20 heavy (non-hydrogen) atoms. The van der Waals surface area contributed by atoms with Gasteiger partial charge < -0.3 is 15.6 Å². The average molecular weight is 272 g/mol. The van der Waals surface area contributed by atoms with Crippen LogP contribution >= 0.6 is 0 Å². The Morgan fingerprint density at radius 2 is 2.10 bits per heavy atom. The molecule has 0 aliphatic carbocycles. The maximum atomic E-state index is 5.96. The van der Waals surface area contributed by atoms with E-state index in [0.29, 0.717) is 6.04 Å². The number of rotatable bonds is 3. The number of aryl methyl sites for hydroxylation is 1. The largest absolute Gasteiger partial charge is 0.358 e. The van der Waals surface area contributed by atoms with Gasteiger partial charge in [-0.25, -0.2) is 0 Å². The first-order valence-corrected chi connectivity index (χ1v) is 7.38. The Balaban J connectivity index is 1.87. The Morgan fingerprint density at radius 1 is 1.30 bits per heavy atom. The zero-order chi connectivity index (χ0) is 14.1. The van der Waals surface area contributed by atoms with Gasteiger partial charge in [0.2, 0.25) is 0 Å². The predicted octanol–water partition coefficient (Wildman–Crippen LogP) is 1.55. The minimum Gasteiger partial charge on any atom is -0.358 e. The Labute approximate surface area is 120 Å².